The number of nitrogens with zero attached hydrogens (tertiary/aromatic N) is 2. The average Bonchev–Trinajstić information content (AvgIpc) is 3.19. The number of hydrogen-bond acceptors (Lipinski definition) is 5. The number of nitrogens with one attached hydrogen (secondary N) is 1. The summed E-state index contributed by atoms with van der Waals surface area (Å²) in [5.74, 6) is 0. The van der Waals surface area contributed by atoms with Gasteiger partial charge in [0.25, 0.3) is 0 Å². The standard InChI is InChI=1S/C21H22ClN3OS/c22-18-8-4-7-17(13-18)20(16-5-2-1-3-6-16)23-14-19-15-24-21(27-19)25-9-11-26-12-10-25/h1-8,13,15,20,23H,9-12,14H2. The molecule has 4 nitrogen and oxygen atoms in total. The zero-order chi connectivity index (χ0) is 18.5. The van der Waals surface area contributed by atoms with E-state index in [4.69, 9.17) is 16.3 Å². The highest BCUT2D eigenvalue weighted by molar-refractivity contribution is 7.15. The van der Waals surface area contributed by atoms with Gasteiger partial charge in [0.15, 0.2) is 5.13 Å². The summed E-state index contributed by atoms with van der Waals surface area (Å²) in [4.78, 5) is 8.12. The topological polar surface area (TPSA) is 37.4 Å². The highest BCUT2D eigenvalue weighted by atomic mass is 35.5. The van der Waals surface area contributed by atoms with Crippen LogP contribution in [-0.2, 0) is 11.3 Å². The monoisotopic (exact) mass is 399 g/mol. The van der Waals surface area contributed by atoms with E-state index in [0.29, 0.717) is 0 Å². The molecule has 2 aromatic carbocycles. The molecule has 1 aliphatic heterocycles. The Labute approximate surface area is 168 Å². The van der Waals surface area contributed by atoms with Crippen molar-refractivity contribution in [3.63, 3.8) is 0 Å². The fraction of sp³-hybridized carbons (Fsp3) is 0.286. The first-order valence-corrected chi connectivity index (χ1v) is 10.3. The van der Waals surface area contributed by atoms with Crippen LogP contribution >= 0.6 is 22.9 Å². The van der Waals surface area contributed by atoms with Gasteiger partial charge in [-0.2, -0.15) is 0 Å². The summed E-state index contributed by atoms with van der Waals surface area (Å²) in [5, 5.41) is 5.51. The highest BCUT2D eigenvalue weighted by Gasteiger charge is 2.17. The van der Waals surface area contributed by atoms with Gasteiger partial charge < -0.3 is 15.0 Å². The van der Waals surface area contributed by atoms with Crippen molar-refractivity contribution in [1.82, 2.24) is 10.3 Å². The molecular weight excluding hydrogens is 378 g/mol. The lowest BCUT2D eigenvalue weighted by molar-refractivity contribution is 0.122. The van der Waals surface area contributed by atoms with E-state index in [1.165, 1.54) is 10.4 Å². The van der Waals surface area contributed by atoms with Gasteiger partial charge in [-0.25, -0.2) is 4.98 Å². The van der Waals surface area contributed by atoms with Crippen molar-refractivity contribution in [2.75, 3.05) is 31.2 Å². The maximum Gasteiger partial charge on any atom is 0.185 e. The summed E-state index contributed by atoms with van der Waals surface area (Å²) in [7, 11) is 0. The Bertz CT molecular complexity index is 865. The zero-order valence-corrected chi connectivity index (χ0v) is 16.5. The van der Waals surface area contributed by atoms with Crippen LogP contribution in [-0.4, -0.2) is 31.3 Å². The fourth-order valence-electron chi connectivity index (χ4n) is 3.24. The third-order valence-corrected chi connectivity index (χ3v) is 5.91. The third kappa shape index (κ3) is 4.68. The van der Waals surface area contributed by atoms with E-state index in [0.717, 1.165) is 48.6 Å². The lowest BCUT2D eigenvalue weighted by Crippen LogP contribution is -2.36. The molecule has 1 unspecified atom stereocenters. The minimum atomic E-state index is 0.0823. The van der Waals surface area contributed by atoms with Crippen molar-refractivity contribution >= 4 is 28.1 Å². The molecule has 6 heteroatoms. The molecule has 0 bridgehead atoms. The lowest BCUT2D eigenvalue weighted by Gasteiger charge is -2.26. The number of hydrogen-bond donors (Lipinski definition) is 1. The number of thiazole rings is 1. The quantitative estimate of drug-likeness (QED) is 0.661. The Balaban J connectivity index is 1.50. The second-order valence-corrected chi connectivity index (χ2v) is 8.02. The van der Waals surface area contributed by atoms with E-state index in [9.17, 15) is 0 Å². The number of aromatic nitrogens is 1. The van der Waals surface area contributed by atoms with Crippen LogP contribution in [0.5, 0.6) is 0 Å². The predicted octanol–water partition coefficient (Wildman–Crippen LogP) is 4.51. The number of ether oxygens (including phenoxy) is 1. The van der Waals surface area contributed by atoms with E-state index in [2.05, 4.69) is 45.5 Å². The molecular formula is C21H22ClN3OS. The lowest BCUT2D eigenvalue weighted by atomic mass is 9.99. The molecule has 0 saturated carbocycles. The highest BCUT2D eigenvalue weighted by Crippen LogP contribution is 2.27. The Morgan fingerprint density at radius 3 is 2.63 bits per heavy atom. The van der Waals surface area contributed by atoms with Gasteiger partial charge in [0, 0.05) is 35.7 Å². The van der Waals surface area contributed by atoms with Crippen molar-refractivity contribution in [3.05, 3.63) is 81.8 Å². The molecule has 3 aromatic rings. The van der Waals surface area contributed by atoms with Gasteiger partial charge in [0.2, 0.25) is 0 Å². The van der Waals surface area contributed by atoms with Crippen molar-refractivity contribution in [2.45, 2.75) is 12.6 Å². The van der Waals surface area contributed by atoms with Gasteiger partial charge >= 0.3 is 0 Å². The minimum absolute atomic E-state index is 0.0823. The van der Waals surface area contributed by atoms with Gasteiger partial charge in [-0.1, -0.05) is 54.1 Å². The number of anilines is 1. The van der Waals surface area contributed by atoms with Gasteiger partial charge in [-0.3, -0.25) is 0 Å². The third-order valence-electron chi connectivity index (χ3n) is 4.62. The average molecular weight is 400 g/mol. The van der Waals surface area contributed by atoms with Gasteiger partial charge in [-0.05, 0) is 23.3 Å². The van der Waals surface area contributed by atoms with E-state index >= 15 is 0 Å². The second-order valence-electron chi connectivity index (χ2n) is 6.49. The van der Waals surface area contributed by atoms with Crippen LogP contribution in [0.4, 0.5) is 5.13 Å². The fourth-order valence-corrected chi connectivity index (χ4v) is 4.35. The van der Waals surface area contributed by atoms with E-state index in [1.807, 2.05) is 30.5 Å². The van der Waals surface area contributed by atoms with Gasteiger partial charge in [-0.15, -0.1) is 11.3 Å². The Hall–Kier alpha value is -1.92. The zero-order valence-electron chi connectivity index (χ0n) is 15.0. The molecule has 1 aliphatic rings. The van der Waals surface area contributed by atoms with Crippen LogP contribution in [0.3, 0.4) is 0 Å². The molecule has 0 radical (unpaired) electrons. The molecule has 1 aromatic heterocycles. The van der Waals surface area contributed by atoms with Crippen LogP contribution in [0.15, 0.2) is 60.8 Å². The van der Waals surface area contributed by atoms with Crippen molar-refractivity contribution in [2.24, 2.45) is 0 Å². The summed E-state index contributed by atoms with van der Waals surface area (Å²) >= 11 is 7.98. The maximum absolute atomic E-state index is 6.23. The Morgan fingerprint density at radius 1 is 1.07 bits per heavy atom. The molecule has 2 heterocycles. The molecule has 1 fully saturated rings. The first-order valence-electron chi connectivity index (χ1n) is 9.11. The largest absolute Gasteiger partial charge is 0.378 e. The summed E-state index contributed by atoms with van der Waals surface area (Å²) in [6.45, 7) is 4.13. The predicted molar refractivity (Wildman–Crippen MR) is 112 cm³/mol. The van der Waals surface area contributed by atoms with Gasteiger partial charge in [0.05, 0.1) is 19.3 Å². The summed E-state index contributed by atoms with van der Waals surface area (Å²) in [6, 6.07) is 18.6. The van der Waals surface area contributed by atoms with Crippen molar-refractivity contribution in [3.8, 4) is 0 Å². The smallest absolute Gasteiger partial charge is 0.185 e. The molecule has 1 saturated heterocycles. The number of rotatable bonds is 6. The number of benzene rings is 2. The molecule has 27 heavy (non-hydrogen) atoms. The normalized spacial score (nSPS) is 15.7. The molecule has 0 spiro atoms. The van der Waals surface area contributed by atoms with Crippen molar-refractivity contribution < 1.29 is 4.74 Å². The molecule has 140 valence electrons. The van der Waals surface area contributed by atoms with Crippen LogP contribution < -0.4 is 10.2 Å². The van der Waals surface area contributed by atoms with E-state index in [1.54, 1.807) is 11.3 Å². The molecule has 4 rings (SSSR count). The maximum atomic E-state index is 6.23. The van der Waals surface area contributed by atoms with Crippen molar-refractivity contribution in [1.29, 1.82) is 0 Å². The van der Waals surface area contributed by atoms with Crippen LogP contribution in [0.1, 0.15) is 22.0 Å². The molecule has 1 N–H and O–H groups in total. The summed E-state index contributed by atoms with van der Waals surface area (Å²) in [6.07, 6.45) is 1.97. The van der Waals surface area contributed by atoms with Crippen LogP contribution in [0, 0.1) is 0 Å². The molecule has 0 aliphatic carbocycles. The second kappa shape index (κ2) is 8.85. The molecule has 0 amide bonds. The summed E-state index contributed by atoms with van der Waals surface area (Å²) < 4.78 is 5.43. The minimum Gasteiger partial charge on any atom is -0.378 e. The first kappa shape index (κ1) is 18.4. The Morgan fingerprint density at radius 2 is 1.85 bits per heavy atom. The Kier molecular flexibility index (Phi) is 6.04. The molecule has 1 atom stereocenters. The van der Waals surface area contributed by atoms with E-state index in [-0.39, 0.29) is 6.04 Å². The number of morpholine rings is 1. The summed E-state index contributed by atoms with van der Waals surface area (Å²) in [5.41, 5.74) is 2.38. The first-order chi connectivity index (χ1) is 13.3. The number of halogens is 1. The van der Waals surface area contributed by atoms with Crippen LogP contribution in [0.2, 0.25) is 5.02 Å². The van der Waals surface area contributed by atoms with E-state index < -0.39 is 0 Å². The SMILES string of the molecule is Clc1cccc(C(NCc2cnc(N3CCOCC3)s2)c2ccccc2)c1. The van der Waals surface area contributed by atoms with Gasteiger partial charge in [0.1, 0.15) is 0 Å². The van der Waals surface area contributed by atoms with Crippen LogP contribution in [0.25, 0.3) is 0 Å².